The molecule has 2 amide bonds. The van der Waals surface area contributed by atoms with Crippen LogP contribution in [-0.2, 0) is 16.1 Å². The SMILES string of the molecule is CSN1C(C)=C1c1ccc(CNC(=O)C2CCCN2C=O)cc1. The summed E-state index contributed by atoms with van der Waals surface area (Å²) in [5.74, 6) is -0.0621. The van der Waals surface area contributed by atoms with Gasteiger partial charge in [0.05, 0.1) is 11.4 Å². The lowest BCUT2D eigenvalue weighted by Gasteiger charge is -2.19. The van der Waals surface area contributed by atoms with E-state index in [0.717, 1.165) is 24.8 Å². The van der Waals surface area contributed by atoms with E-state index in [2.05, 4.69) is 34.9 Å². The van der Waals surface area contributed by atoms with Crippen LogP contribution in [0.1, 0.15) is 30.9 Å². The molecule has 2 aliphatic heterocycles. The fraction of sp³-hybridized carbons (Fsp3) is 0.412. The summed E-state index contributed by atoms with van der Waals surface area (Å²) in [4.78, 5) is 24.7. The van der Waals surface area contributed by atoms with Crippen LogP contribution in [0, 0.1) is 0 Å². The molecule has 1 N–H and O–H groups in total. The second-order valence-electron chi connectivity index (χ2n) is 5.83. The molecule has 0 aromatic heterocycles. The van der Waals surface area contributed by atoms with Gasteiger partial charge in [0, 0.05) is 24.9 Å². The first-order chi connectivity index (χ1) is 11.2. The molecule has 5 nitrogen and oxygen atoms in total. The Hall–Kier alpha value is -1.95. The van der Waals surface area contributed by atoms with Crippen LogP contribution in [0.4, 0.5) is 0 Å². The number of carbonyl (C=O) groups is 2. The second-order valence-corrected chi connectivity index (χ2v) is 6.56. The molecule has 122 valence electrons. The molecule has 1 unspecified atom stereocenters. The highest BCUT2D eigenvalue weighted by Crippen LogP contribution is 2.44. The van der Waals surface area contributed by atoms with Gasteiger partial charge in [0.15, 0.2) is 0 Å². The Morgan fingerprint density at radius 2 is 2.13 bits per heavy atom. The zero-order valence-corrected chi connectivity index (χ0v) is 14.2. The summed E-state index contributed by atoms with van der Waals surface area (Å²) in [7, 11) is 0. The van der Waals surface area contributed by atoms with Crippen molar-refractivity contribution in [3.8, 4) is 0 Å². The number of allylic oxidation sites excluding steroid dienone is 1. The van der Waals surface area contributed by atoms with Crippen LogP contribution < -0.4 is 5.32 Å². The van der Waals surface area contributed by atoms with Gasteiger partial charge in [-0.05, 0) is 37.3 Å². The van der Waals surface area contributed by atoms with Crippen LogP contribution in [0.2, 0.25) is 0 Å². The van der Waals surface area contributed by atoms with Crippen LogP contribution in [-0.4, -0.2) is 40.4 Å². The molecule has 1 aromatic carbocycles. The molecular weight excluding hydrogens is 310 g/mol. The van der Waals surface area contributed by atoms with Crippen molar-refractivity contribution in [1.82, 2.24) is 14.5 Å². The molecule has 1 saturated heterocycles. The van der Waals surface area contributed by atoms with E-state index < -0.39 is 0 Å². The number of amides is 2. The van der Waals surface area contributed by atoms with Gasteiger partial charge in [0.1, 0.15) is 6.04 Å². The van der Waals surface area contributed by atoms with E-state index >= 15 is 0 Å². The number of nitrogens with one attached hydrogen (secondary N) is 1. The van der Waals surface area contributed by atoms with Crippen molar-refractivity contribution in [3.05, 3.63) is 41.1 Å². The lowest BCUT2D eigenvalue weighted by atomic mass is 10.1. The van der Waals surface area contributed by atoms with Crippen LogP contribution >= 0.6 is 11.9 Å². The maximum Gasteiger partial charge on any atom is 0.243 e. The maximum absolute atomic E-state index is 12.2. The molecule has 0 radical (unpaired) electrons. The maximum atomic E-state index is 12.2. The Morgan fingerprint density at radius 1 is 1.39 bits per heavy atom. The molecule has 1 aromatic rings. The Kier molecular flexibility index (Phi) is 4.61. The normalized spacial score (nSPS) is 20.0. The van der Waals surface area contributed by atoms with E-state index in [0.29, 0.717) is 13.1 Å². The smallest absolute Gasteiger partial charge is 0.243 e. The van der Waals surface area contributed by atoms with Crippen molar-refractivity contribution in [2.45, 2.75) is 32.4 Å². The number of likely N-dealkylation sites (tertiary alicyclic amines) is 1. The number of hydrogen-bond acceptors (Lipinski definition) is 4. The first-order valence-electron chi connectivity index (χ1n) is 7.79. The quantitative estimate of drug-likeness (QED) is 0.641. The third-order valence-electron chi connectivity index (χ3n) is 4.41. The highest BCUT2D eigenvalue weighted by atomic mass is 32.2. The first kappa shape index (κ1) is 15.9. The largest absolute Gasteiger partial charge is 0.350 e. The molecule has 6 heteroatoms. The van der Waals surface area contributed by atoms with E-state index in [4.69, 9.17) is 0 Å². The highest BCUT2D eigenvalue weighted by Gasteiger charge is 2.30. The monoisotopic (exact) mass is 331 g/mol. The fourth-order valence-corrected chi connectivity index (χ4v) is 3.81. The topological polar surface area (TPSA) is 52.4 Å². The lowest BCUT2D eigenvalue weighted by molar-refractivity contribution is -0.131. The summed E-state index contributed by atoms with van der Waals surface area (Å²) in [6.45, 7) is 3.28. The summed E-state index contributed by atoms with van der Waals surface area (Å²) in [6, 6.07) is 7.95. The average molecular weight is 331 g/mol. The minimum atomic E-state index is -0.304. The second kappa shape index (κ2) is 6.66. The number of hydrogen-bond donors (Lipinski definition) is 1. The minimum absolute atomic E-state index is 0.0621. The standard InChI is InChI=1S/C17H21N3O2S/c1-12-16(20(12)23-2)14-7-5-13(6-8-14)10-18-17(22)15-4-3-9-19(15)11-21/h5-8,11,15H,3-4,9-10H2,1-2H3,(H,18,22). The van der Waals surface area contributed by atoms with Crippen molar-refractivity contribution in [3.63, 3.8) is 0 Å². The third kappa shape index (κ3) is 3.22. The molecule has 0 saturated carbocycles. The molecular formula is C17H21N3O2S. The summed E-state index contributed by atoms with van der Waals surface area (Å²) in [6.07, 6.45) is 4.48. The average Bonchev–Trinajstić information content (AvgIpc) is 3.00. The first-order valence-corrected chi connectivity index (χ1v) is 8.97. The number of carbonyl (C=O) groups excluding carboxylic acids is 2. The third-order valence-corrected chi connectivity index (χ3v) is 5.23. The molecule has 0 spiro atoms. The highest BCUT2D eigenvalue weighted by molar-refractivity contribution is 7.97. The molecule has 1 fully saturated rings. The van der Waals surface area contributed by atoms with E-state index in [1.165, 1.54) is 17.0 Å². The van der Waals surface area contributed by atoms with Gasteiger partial charge in [-0.25, -0.2) is 0 Å². The summed E-state index contributed by atoms with van der Waals surface area (Å²) in [5, 5.41) is 2.93. The van der Waals surface area contributed by atoms with Crippen molar-refractivity contribution < 1.29 is 9.59 Å². The molecule has 2 heterocycles. The number of nitrogens with zero attached hydrogens (tertiary/aromatic N) is 2. The molecule has 2 aliphatic rings. The Morgan fingerprint density at radius 3 is 2.74 bits per heavy atom. The van der Waals surface area contributed by atoms with Crippen LogP contribution in [0.25, 0.3) is 5.70 Å². The van der Waals surface area contributed by atoms with Crippen molar-refractivity contribution >= 4 is 30.0 Å². The van der Waals surface area contributed by atoms with Crippen LogP contribution in [0.5, 0.6) is 0 Å². The van der Waals surface area contributed by atoms with E-state index in [-0.39, 0.29) is 11.9 Å². The summed E-state index contributed by atoms with van der Waals surface area (Å²) in [5.41, 5.74) is 4.84. The van der Waals surface area contributed by atoms with Gasteiger partial charge in [0.25, 0.3) is 0 Å². The Bertz CT molecular complexity index is 642. The van der Waals surface area contributed by atoms with E-state index in [1.54, 1.807) is 16.8 Å². The van der Waals surface area contributed by atoms with Crippen molar-refractivity contribution in [2.75, 3.05) is 12.8 Å². The van der Waals surface area contributed by atoms with Gasteiger partial charge >= 0.3 is 0 Å². The summed E-state index contributed by atoms with van der Waals surface area (Å²) < 4.78 is 2.20. The van der Waals surface area contributed by atoms with E-state index in [1.807, 2.05) is 12.1 Å². The van der Waals surface area contributed by atoms with Crippen molar-refractivity contribution in [1.29, 1.82) is 0 Å². The zero-order valence-electron chi connectivity index (χ0n) is 13.4. The van der Waals surface area contributed by atoms with Gasteiger partial charge in [-0.1, -0.05) is 24.3 Å². The summed E-state index contributed by atoms with van der Waals surface area (Å²) >= 11 is 1.71. The zero-order chi connectivity index (χ0) is 16.4. The number of rotatable bonds is 6. The van der Waals surface area contributed by atoms with Gasteiger partial charge < -0.3 is 10.2 Å². The van der Waals surface area contributed by atoms with Crippen LogP contribution in [0.15, 0.2) is 30.0 Å². The molecule has 0 bridgehead atoms. The lowest BCUT2D eigenvalue weighted by Crippen LogP contribution is -2.42. The minimum Gasteiger partial charge on any atom is -0.350 e. The van der Waals surface area contributed by atoms with Gasteiger partial charge in [-0.15, -0.1) is 0 Å². The Labute approximate surface area is 140 Å². The predicted octanol–water partition coefficient (Wildman–Crippen LogP) is 2.21. The Balaban J connectivity index is 1.55. The van der Waals surface area contributed by atoms with Crippen LogP contribution in [0.3, 0.4) is 0 Å². The van der Waals surface area contributed by atoms with Gasteiger partial charge in [-0.3, -0.25) is 13.9 Å². The fourth-order valence-electron chi connectivity index (χ4n) is 3.07. The van der Waals surface area contributed by atoms with Gasteiger partial charge in [0.2, 0.25) is 12.3 Å². The molecule has 23 heavy (non-hydrogen) atoms. The van der Waals surface area contributed by atoms with E-state index in [9.17, 15) is 9.59 Å². The van der Waals surface area contributed by atoms with Gasteiger partial charge in [-0.2, -0.15) is 0 Å². The number of benzene rings is 1. The van der Waals surface area contributed by atoms with Crippen molar-refractivity contribution in [2.24, 2.45) is 0 Å². The molecule has 3 rings (SSSR count). The molecule has 0 aliphatic carbocycles. The predicted molar refractivity (Wildman–Crippen MR) is 92.0 cm³/mol. The molecule has 1 atom stereocenters.